The molecule has 0 amide bonds. The van der Waals surface area contributed by atoms with Gasteiger partial charge in [-0.3, -0.25) is 0 Å². The van der Waals surface area contributed by atoms with Gasteiger partial charge < -0.3 is 0 Å². The van der Waals surface area contributed by atoms with Gasteiger partial charge >= 0.3 is 0 Å². The van der Waals surface area contributed by atoms with Crippen LogP contribution in [0.2, 0.25) is 0 Å². The summed E-state index contributed by atoms with van der Waals surface area (Å²) in [7, 11) is 0. The molecule has 2 aromatic rings. The summed E-state index contributed by atoms with van der Waals surface area (Å²) in [5.41, 5.74) is 3.98. The molecule has 0 fully saturated rings. The van der Waals surface area contributed by atoms with Crippen LogP contribution in [0.25, 0.3) is 5.57 Å². The van der Waals surface area contributed by atoms with Gasteiger partial charge in [-0.15, -0.1) is 0 Å². The molecular weight excluding hydrogens is 320 g/mol. The molecule has 0 N–H and O–H groups in total. The van der Waals surface area contributed by atoms with Crippen molar-refractivity contribution >= 4 is 21.5 Å². The van der Waals surface area contributed by atoms with E-state index in [1.165, 1.54) is 42.4 Å². The zero-order valence-corrected chi connectivity index (χ0v) is 14.1. The van der Waals surface area contributed by atoms with Gasteiger partial charge in [0.05, 0.1) is 0 Å². The highest BCUT2D eigenvalue weighted by molar-refractivity contribution is 9.09. The van der Waals surface area contributed by atoms with Gasteiger partial charge in [0, 0.05) is 5.33 Å². The monoisotopic (exact) mass is 342 g/mol. The molecule has 0 aliphatic heterocycles. The first-order chi connectivity index (χ1) is 10.4. The molecule has 0 radical (unpaired) electrons. The molecule has 21 heavy (non-hydrogen) atoms. The molecule has 0 heterocycles. The molecule has 0 unspecified atom stereocenters. The van der Waals surface area contributed by atoms with E-state index in [1.54, 1.807) is 0 Å². The van der Waals surface area contributed by atoms with Crippen LogP contribution >= 0.6 is 15.9 Å². The topological polar surface area (TPSA) is 0 Å². The first-order valence-corrected chi connectivity index (χ1v) is 8.91. The minimum atomic E-state index is 1.13. The molecule has 0 aliphatic rings. The predicted molar refractivity (Wildman–Crippen MR) is 96.8 cm³/mol. The third kappa shape index (κ3) is 5.51. The Morgan fingerprint density at radius 2 is 1.24 bits per heavy atom. The van der Waals surface area contributed by atoms with E-state index in [2.05, 4.69) is 82.7 Å². The number of alkyl halides is 1. The number of halogens is 1. The van der Waals surface area contributed by atoms with Gasteiger partial charge in [0.1, 0.15) is 0 Å². The van der Waals surface area contributed by atoms with Gasteiger partial charge in [-0.05, 0) is 36.0 Å². The summed E-state index contributed by atoms with van der Waals surface area (Å²) in [6, 6.07) is 21.4. The van der Waals surface area contributed by atoms with E-state index in [4.69, 9.17) is 0 Å². The molecule has 2 rings (SSSR count). The van der Waals surface area contributed by atoms with Crippen LogP contribution in [0.1, 0.15) is 43.2 Å². The summed E-state index contributed by atoms with van der Waals surface area (Å²) >= 11 is 3.49. The van der Waals surface area contributed by atoms with Crippen LogP contribution in [0, 0.1) is 0 Å². The van der Waals surface area contributed by atoms with Crippen molar-refractivity contribution in [2.75, 3.05) is 5.33 Å². The number of hydrogen-bond acceptors (Lipinski definition) is 0. The molecule has 0 nitrogen and oxygen atoms in total. The fraction of sp³-hybridized carbons (Fsp3) is 0.300. The number of allylic oxidation sites excluding steroid dienone is 1. The Kier molecular flexibility index (Phi) is 7.31. The van der Waals surface area contributed by atoms with Gasteiger partial charge in [0.25, 0.3) is 0 Å². The highest BCUT2D eigenvalue weighted by Crippen LogP contribution is 2.24. The van der Waals surface area contributed by atoms with Crippen LogP contribution in [0.15, 0.2) is 66.7 Å². The third-order valence-electron chi connectivity index (χ3n) is 3.61. The number of hydrogen-bond donors (Lipinski definition) is 0. The molecule has 0 spiro atoms. The highest BCUT2D eigenvalue weighted by Gasteiger charge is 2.03. The predicted octanol–water partition coefficient (Wildman–Crippen LogP) is 6.46. The van der Waals surface area contributed by atoms with E-state index >= 15 is 0 Å². The first kappa shape index (κ1) is 16.0. The lowest BCUT2D eigenvalue weighted by molar-refractivity contribution is 0.680. The molecule has 1 heteroatoms. The summed E-state index contributed by atoms with van der Waals surface area (Å²) in [4.78, 5) is 0. The van der Waals surface area contributed by atoms with Crippen molar-refractivity contribution in [2.45, 2.75) is 32.1 Å². The van der Waals surface area contributed by atoms with Crippen molar-refractivity contribution in [3.63, 3.8) is 0 Å². The third-order valence-corrected chi connectivity index (χ3v) is 4.17. The maximum atomic E-state index is 3.49. The Labute approximate surface area is 137 Å². The Bertz CT molecular complexity index is 487. The van der Waals surface area contributed by atoms with E-state index in [1.807, 2.05) is 0 Å². The summed E-state index contributed by atoms with van der Waals surface area (Å²) in [5, 5.41) is 1.13. The van der Waals surface area contributed by atoms with Gasteiger partial charge in [-0.2, -0.15) is 0 Å². The minimum Gasteiger partial charge on any atom is -0.0928 e. The standard InChI is InChI=1S/C20H23Br/c21-17-11-3-1-2-10-16-20(18-12-6-4-7-13-18)19-14-8-5-9-15-19/h4-9,12-16H,1-3,10-11,17H2. The van der Waals surface area contributed by atoms with Crippen LogP contribution in [-0.4, -0.2) is 5.33 Å². The molecule has 0 aliphatic carbocycles. The van der Waals surface area contributed by atoms with Crippen molar-refractivity contribution < 1.29 is 0 Å². The van der Waals surface area contributed by atoms with Gasteiger partial charge in [-0.1, -0.05) is 95.5 Å². The van der Waals surface area contributed by atoms with Crippen LogP contribution < -0.4 is 0 Å². The largest absolute Gasteiger partial charge is 0.0928 e. The molecule has 0 bridgehead atoms. The second kappa shape index (κ2) is 9.57. The maximum absolute atomic E-state index is 3.49. The molecular formula is C20H23Br. The number of unbranched alkanes of at least 4 members (excludes halogenated alkanes) is 4. The molecule has 0 saturated heterocycles. The fourth-order valence-electron chi connectivity index (χ4n) is 2.48. The Morgan fingerprint density at radius 1 is 0.714 bits per heavy atom. The highest BCUT2D eigenvalue weighted by atomic mass is 79.9. The van der Waals surface area contributed by atoms with Gasteiger partial charge in [-0.25, -0.2) is 0 Å². The Balaban J connectivity index is 2.06. The zero-order valence-electron chi connectivity index (χ0n) is 12.5. The number of benzene rings is 2. The number of rotatable bonds is 8. The summed E-state index contributed by atoms with van der Waals surface area (Å²) < 4.78 is 0. The molecule has 2 aromatic carbocycles. The van der Waals surface area contributed by atoms with Gasteiger partial charge in [0.2, 0.25) is 0 Å². The average molecular weight is 343 g/mol. The van der Waals surface area contributed by atoms with Crippen LogP contribution in [0.5, 0.6) is 0 Å². The van der Waals surface area contributed by atoms with E-state index < -0.39 is 0 Å². The first-order valence-electron chi connectivity index (χ1n) is 7.79. The van der Waals surface area contributed by atoms with Crippen LogP contribution in [0.4, 0.5) is 0 Å². The summed E-state index contributed by atoms with van der Waals surface area (Å²) in [5.74, 6) is 0. The summed E-state index contributed by atoms with van der Waals surface area (Å²) in [6.45, 7) is 0. The van der Waals surface area contributed by atoms with Crippen LogP contribution in [-0.2, 0) is 0 Å². The maximum Gasteiger partial charge on any atom is 0.00313 e. The van der Waals surface area contributed by atoms with E-state index in [-0.39, 0.29) is 0 Å². The lowest BCUT2D eigenvalue weighted by Gasteiger charge is -2.09. The molecule has 0 aromatic heterocycles. The second-order valence-electron chi connectivity index (χ2n) is 5.24. The van der Waals surface area contributed by atoms with Crippen molar-refractivity contribution in [1.82, 2.24) is 0 Å². The van der Waals surface area contributed by atoms with Crippen molar-refractivity contribution in [3.8, 4) is 0 Å². The quantitative estimate of drug-likeness (QED) is 0.381. The van der Waals surface area contributed by atoms with E-state index in [9.17, 15) is 0 Å². The normalized spacial score (nSPS) is 10.3. The van der Waals surface area contributed by atoms with E-state index in [0.717, 1.165) is 11.8 Å². The Hall–Kier alpha value is -1.34. The van der Waals surface area contributed by atoms with Crippen molar-refractivity contribution in [3.05, 3.63) is 77.9 Å². The van der Waals surface area contributed by atoms with Gasteiger partial charge in [0.15, 0.2) is 0 Å². The SMILES string of the molecule is BrCCCCCCC=C(c1ccccc1)c1ccccc1. The molecule has 0 saturated carbocycles. The average Bonchev–Trinajstić information content (AvgIpc) is 2.56. The lowest BCUT2D eigenvalue weighted by atomic mass is 9.96. The lowest BCUT2D eigenvalue weighted by Crippen LogP contribution is -1.88. The second-order valence-corrected chi connectivity index (χ2v) is 6.03. The minimum absolute atomic E-state index is 1.13. The molecule has 110 valence electrons. The van der Waals surface area contributed by atoms with E-state index in [0.29, 0.717) is 0 Å². The fourth-order valence-corrected chi connectivity index (χ4v) is 2.87. The summed E-state index contributed by atoms with van der Waals surface area (Å²) in [6.07, 6.45) is 8.76. The van der Waals surface area contributed by atoms with Crippen molar-refractivity contribution in [2.24, 2.45) is 0 Å². The van der Waals surface area contributed by atoms with Crippen molar-refractivity contribution in [1.29, 1.82) is 0 Å². The molecule has 0 atom stereocenters. The zero-order chi connectivity index (χ0) is 14.8. The smallest absolute Gasteiger partial charge is 0.00313 e. The van der Waals surface area contributed by atoms with Crippen LogP contribution in [0.3, 0.4) is 0 Å². The Morgan fingerprint density at radius 3 is 1.76 bits per heavy atom.